The summed E-state index contributed by atoms with van der Waals surface area (Å²) in [5, 5.41) is 10.9. The summed E-state index contributed by atoms with van der Waals surface area (Å²) in [5.41, 5.74) is 3.03. The fourth-order valence-electron chi connectivity index (χ4n) is 2.37. The highest BCUT2D eigenvalue weighted by molar-refractivity contribution is 7.22. The summed E-state index contributed by atoms with van der Waals surface area (Å²) in [4.78, 5) is 17.6. The fourth-order valence-corrected chi connectivity index (χ4v) is 3.83. The number of anilines is 3. The molecule has 0 radical (unpaired) electrons. The molecule has 0 aliphatic rings. The molecule has 25 heavy (non-hydrogen) atoms. The van der Waals surface area contributed by atoms with Gasteiger partial charge in [0.2, 0.25) is 0 Å². The maximum Gasteiger partial charge on any atom is 0.269 e. The van der Waals surface area contributed by atoms with Crippen molar-refractivity contribution >= 4 is 55.5 Å². The highest BCUT2D eigenvalue weighted by atomic mass is 32.1. The number of thiazole rings is 1. The van der Waals surface area contributed by atoms with Crippen LogP contribution in [0.3, 0.4) is 0 Å². The normalized spacial score (nSPS) is 10.8. The molecule has 0 saturated heterocycles. The molecule has 2 aromatic carbocycles. The summed E-state index contributed by atoms with van der Waals surface area (Å²) in [6.07, 6.45) is 0. The van der Waals surface area contributed by atoms with E-state index < -0.39 is 0 Å². The minimum atomic E-state index is -0.217. The molecule has 6 nitrogen and oxygen atoms in total. The van der Waals surface area contributed by atoms with E-state index in [9.17, 15) is 4.79 Å². The number of hydrogen-bond donors (Lipinski definition) is 2. The Hall–Kier alpha value is -2.84. The van der Waals surface area contributed by atoms with Crippen molar-refractivity contribution in [3.8, 4) is 0 Å². The van der Waals surface area contributed by atoms with E-state index in [0.717, 1.165) is 32.6 Å². The first kappa shape index (κ1) is 15.7. The van der Waals surface area contributed by atoms with Crippen LogP contribution in [-0.2, 0) is 0 Å². The van der Waals surface area contributed by atoms with Gasteiger partial charge in [-0.15, -0.1) is 5.10 Å². The SMILES string of the molecule is Cc1nnsc1C(=O)Nc1cccc2sc(Nc3ccccc3)nc12. The molecular weight excluding hydrogens is 354 g/mol. The first-order valence-corrected chi connectivity index (χ1v) is 9.11. The van der Waals surface area contributed by atoms with Crippen LogP contribution in [0.15, 0.2) is 48.5 Å². The zero-order chi connectivity index (χ0) is 17.2. The van der Waals surface area contributed by atoms with Gasteiger partial charge in [-0.2, -0.15) is 0 Å². The minimum Gasteiger partial charge on any atom is -0.332 e. The van der Waals surface area contributed by atoms with E-state index in [1.54, 1.807) is 6.92 Å². The number of nitrogens with zero attached hydrogens (tertiary/aromatic N) is 3. The van der Waals surface area contributed by atoms with Crippen molar-refractivity contribution in [2.24, 2.45) is 0 Å². The average molecular weight is 367 g/mol. The van der Waals surface area contributed by atoms with Crippen molar-refractivity contribution in [1.29, 1.82) is 0 Å². The Kier molecular flexibility index (Phi) is 4.12. The molecule has 0 aliphatic heterocycles. The van der Waals surface area contributed by atoms with Gasteiger partial charge in [0.05, 0.1) is 16.1 Å². The van der Waals surface area contributed by atoms with Gasteiger partial charge >= 0.3 is 0 Å². The molecule has 0 saturated carbocycles. The smallest absolute Gasteiger partial charge is 0.269 e. The summed E-state index contributed by atoms with van der Waals surface area (Å²) in [6.45, 7) is 1.77. The molecule has 0 spiro atoms. The quantitative estimate of drug-likeness (QED) is 0.557. The van der Waals surface area contributed by atoms with Crippen LogP contribution in [-0.4, -0.2) is 20.5 Å². The predicted octanol–water partition coefficient (Wildman–Crippen LogP) is 4.45. The average Bonchev–Trinajstić information content (AvgIpc) is 3.22. The Morgan fingerprint density at radius 3 is 2.68 bits per heavy atom. The Balaban J connectivity index is 1.64. The third-order valence-electron chi connectivity index (χ3n) is 3.55. The second-order valence-corrected chi connectivity index (χ2v) is 7.09. The lowest BCUT2D eigenvalue weighted by atomic mass is 10.2. The number of carbonyl (C=O) groups is 1. The molecule has 124 valence electrons. The number of nitrogens with one attached hydrogen (secondary N) is 2. The second kappa shape index (κ2) is 6.58. The Morgan fingerprint density at radius 1 is 1.08 bits per heavy atom. The number of para-hydroxylation sites is 2. The van der Waals surface area contributed by atoms with Crippen LogP contribution in [0.2, 0.25) is 0 Å². The lowest BCUT2D eigenvalue weighted by Crippen LogP contribution is -2.11. The Morgan fingerprint density at radius 2 is 1.92 bits per heavy atom. The topological polar surface area (TPSA) is 79.8 Å². The standard InChI is InChI=1S/C17H13N5OS2/c1-10-15(25-22-21-10)16(23)19-12-8-5-9-13-14(12)20-17(24-13)18-11-6-3-2-4-7-11/h2-9H,1H3,(H,18,20)(H,19,23). The van der Waals surface area contributed by atoms with Gasteiger partial charge in [-0.25, -0.2) is 4.98 Å². The van der Waals surface area contributed by atoms with Gasteiger partial charge in [0.1, 0.15) is 10.4 Å². The second-order valence-electron chi connectivity index (χ2n) is 5.30. The van der Waals surface area contributed by atoms with E-state index in [4.69, 9.17) is 0 Å². The molecule has 1 amide bonds. The van der Waals surface area contributed by atoms with Crippen LogP contribution < -0.4 is 10.6 Å². The summed E-state index contributed by atoms with van der Waals surface area (Å²) < 4.78 is 4.80. The molecule has 2 heterocycles. The number of amides is 1. The van der Waals surface area contributed by atoms with E-state index in [-0.39, 0.29) is 5.91 Å². The number of hydrogen-bond acceptors (Lipinski definition) is 7. The zero-order valence-corrected chi connectivity index (χ0v) is 14.8. The third kappa shape index (κ3) is 3.21. The van der Waals surface area contributed by atoms with Crippen LogP contribution in [0, 0.1) is 6.92 Å². The lowest BCUT2D eigenvalue weighted by Gasteiger charge is -2.04. The number of aryl methyl sites for hydroxylation is 1. The van der Waals surface area contributed by atoms with Crippen LogP contribution >= 0.6 is 22.9 Å². The number of carbonyl (C=O) groups excluding carboxylic acids is 1. The molecule has 2 aromatic heterocycles. The highest BCUT2D eigenvalue weighted by Gasteiger charge is 2.16. The molecule has 0 aliphatic carbocycles. The Labute approximate surface area is 151 Å². The van der Waals surface area contributed by atoms with Crippen molar-refractivity contribution in [2.45, 2.75) is 6.92 Å². The largest absolute Gasteiger partial charge is 0.332 e. The zero-order valence-electron chi connectivity index (χ0n) is 13.2. The minimum absolute atomic E-state index is 0.217. The predicted molar refractivity (Wildman–Crippen MR) is 102 cm³/mol. The molecule has 2 N–H and O–H groups in total. The van der Waals surface area contributed by atoms with E-state index in [1.165, 1.54) is 11.3 Å². The van der Waals surface area contributed by atoms with E-state index in [0.29, 0.717) is 16.3 Å². The molecule has 8 heteroatoms. The van der Waals surface area contributed by atoms with Crippen molar-refractivity contribution < 1.29 is 4.79 Å². The number of rotatable bonds is 4. The van der Waals surface area contributed by atoms with Crippen molar-refractivity contribution in [3.05, 3.63) is 59.1 Å². The summed E-state index contributed by atoms with van der Waals surface area (Å²) in [7, 11) is 0. The van der Waals surface area contributed by atoms with Gasteiger partial charge in [-0.3, -0.25) is 4.79 Å². The van der Waals surface area contributed by atoms with E-state index in [2.05, 4.69) is 25.2 Å². The third-order valence-corrected chi connectivity index (χ3v) is 5.31. The van der Waals surface area contributed by atoms with Crippen molar-refractivity contribution in [1.82, 2.24) is 14.6 Å². The Bertz CT molecular complexity index is 1040. The monoisotopic (exact) mass is 367 g/mol. The first-order valence-electron chi connectivity index (χ1n) is 7.52. The molecule has 0 atom stereocenters. The highest BCUT2D eigenvalue weighted by Crippen LogP contribution is 2.32. The molecule has 0 unspecified atom stereocenters. The maximum absolute atomic E-state index is 12.4. The van der Waals surface area contributed by atoms with Gasteiger partial charge in [0.15, 0.2) is 5.13 Å². The summed E-state index contributed by atoms with van der Waals surface area (Å²) in [6, 6.07) is 15.6. The van der Waals surface area contributed by atoms with Crippen molar-refractivity contribution in [2.75, 3.05) is 10.6 Å². The number of benzene rings is 2. The molecular formula is C17H13N5OS2. The fraction of sp³-hybridized carbons (Fsp3) is 0.0588. The van der Waals surface area contributed by atoms with Gasteiger partial charge in [-0.05, 0) is 42.7 Å². The van der Waals surface area contributed by atoms with Gasteiger partial charge < -0.3 is 10.6 Å². The van der Waals surface area contributed by atoms with Crippen LogP contribution in [0.1, 0.15) is 15.4 Å². The summed E-state index contributed by atoms with van der Waals surface area (Å²) in [5.74, 6) is -0.217. The first-order chi connectivity index (χ1) is 12.2. The number of fused-ring (bicyclic) bond motifs is 1. The van der Waals surface area contributed by atoms with Gasteiger partial charge in [-0.1, -0.05) is 40.1 Å². The maximum atomic E-state index is 12.4. The van der Waals surface area contributed by atoms with Crippen LogP contribution in [0.5, 0.6) is 0 Å². The van der Waals surface area contributed by atoms with Crippen molar-refractivity contribution in [3.63, 3.8) is 0 Å². The van der Waals surface area contributed by atoms with Crippen LogP contribution in [0.4, 0.5) is 16.5 Å². The van der Waals surface area contributed by atoms with Crippen LogP contribution in [0.25, 0.3) is 10.2 Å². The molecule has 0 fully saturated rings. The molecule has 0 bridgehead atoms. The van der Waals surface area contributed by atoms with Gasteiger partial charge in [0, 0.05) is 5.69 Å². The molecule has 4 aromatic rings. The lowest BCUT2D eigenvalue weighted by molar-refractivity contribution is 0.103. The number of aromatic nitrogens is 3. The molecule has 4 rings (SSSR count). The van der Waals surface area contributed by atoms with E-state index in [1.807, 2.05) is 48.5 Å². The summed E-state index contributed by atoms with van der Waals surface area (Å²) >= 11 is 2.62. The van der Waals surface area contributed by atoms with E-state index >= 15 is 0 Å². The van der Waals surface area contributed by atoms with Gasteiger partial charge in [0.25, 0.3) is 5.91 Å².